The Hall–Kier alpha value is -1.06. The second-order valence-electron chi connectivity index (χ2n) is 5.38. The molecule has 18 heavy (non-hydrogen) atoms. The molecule has 0 spiro atoms. The van der Waals surface area contributed by atoms with Crippen LogP contribution in [0.2, 0.25) is 0 Å². The van der Waals surface area contributed by atoms with E-state index in [1.54, 1.807) is 0 Å². The van der Waals surface area contributed by atoms with Crippen LogP contribution in [0, 0.1) is 0 Å². The van der Waals surface area contributed by atoms with E-state index in [9.17, 15) is 0 Å². The van der Waals surface area contributed by atoms with E-state index in [0.717, 1.165) is 32.1 Å². The van der Waals surface area contributed by atoms with Crippen molar-refractivity contribution in [1.29, 1.82) is 0 Å². The number of rotatable bonds is 5. The third-order valence-corrected chi connectivity index (χ3v) is 3.97. The van der Waals surface area contributed by atoms with Crippen LogP contribution in [0.25, 0.3) is 0 Å². The summed E-state index contributed by atoms with van der Waals surface area (Å²) in [5, 5.41) is 3.60. The number of anilines is 1. The van der Waals surface area contributed by atoms with Crippen LogP contribution in [0.1, 0.15) is 24.8 Å². The quantitative estimate of drug-likeness (QED) is 0.861. The van der Waals surface area contributed by atoms with Gasteiger partial charge in [-0.15, -0.1) is 0 Å². The van der Waals surface area contributed by atoms with Crippen molar-refractivity contribution in [1.82, 2.24) is 5.32 Å². The highest BCUT2D eigenvalue weighted by Crippen LogP contribution is 2.26. The third-order valence-electron chi connectivity index (χ3n) is 3.97. The third kappa shape index (κ3) is 2.68. The summed E-state index contributed by atoms with van der Waals surface area (Å²) in [7, 11) is 1.81. The molecule has 1 aliphatic heterocycles. The van der Waals surface area contributed by atoms with Gasteiger partial charge in [0.1, 0.15) is 0 Å². The van der Waals surface area contributed by atoms with Gasteiger partial charge in [-0.1, -0.05) is 18.2 Å². The Morgan fingerprint density at radius 2 is 2.11 bits per heavy atom. The molecule has 2 fully saturated rings. The zero-order valence-corrected chi connectivity index (χ0v) is 11.1. The molecule has 1 saturated carbocycles. The second-order valence-corrected chi connectivity index (χ2v) is 5.38. The van der Waals surface area contributed by atoms with Crippen LogP contribution < -0.4 is 10.2 Å². The Bertz CT molecular complexity index is 403. The van der Waals surface area contributed by atoms with Crippen molar-refractivity contribution in [2.45, 2.75) is 38.0 Å². The number of para-hydroxylation sites is 1. The molecule has 3 rings (SSSR count). The van der Waals surface area contributed by atoms with Crippen LogP contribution in [0.5, 0.6) is 0 Å². The topological polar surface area (TPSA) is 24.5 Å². The highest BCUT2D eigenvalue weighted by Gasteiger charge is 2.24. The minimum atomic E-state index is 0.398. The fraction of sp³-hybridized carbons (Fsp3) is 0.600. The molecular formula is C15H22N2O. The molecule has 3 heteroatoms. The number of methoxy groups -OCH3 is 1. The number of nitrogens with one attached hydrogen (secondary N) is 1. The lowest BCUT2D eigenvalue weighted by molar-refractivity contribution is 0.121. The van der Waals surface area contributed by atoms with Gasteiger partial charge < -0.3 is 15.0 Å². The number of nitrogens with zero attached hydrogens (tertiary/aromatic N) is 1. The first-order valence-electron chi connectivity index (χ1n) is 6.96. The SMILES string of the molecule is COC1CCN(c2ccccc2CNC2CC2)C1. The van der Waals surface area contributed by atoms with Gasteiger partial charge in [0.15, 0.2) is 0 Å². The predicted molar refractivity (Wildman–Crippen MR) is 73.9 cm³/mol. The van der Waals surface area contributed by atoms with Crippen molar-refractivity contribution in [3.63, 3.8) is 0 Å². The van der Waals surface area contributed by atoms with Gasteiger partial charge in [0.2, 0.25) is 0 Å². The highest BCUT2D eigenvalue weighted by molar-refractivity contribution is 5.54. The van der Waals surface area contributed by atoms with Crippen molar-refractivity contribution in [3.05, 3.63) is 29.8 Å². The van der Waals surface area contributed by atoms with Gasteiger partial charge in [-0.25, -0.2) is 0 Å². The van der Waals surface area contributed by atoms with E-state index in [2.05, 4.69) is 34.5 Å². The Kier molecular flexibility index (Phi) is 3.52. The molecular weight excluding hydrogens is 224 g/mol. The normalized spacial score (nSPS) is 23.6. The zero-order chi connectivity index (χ0) is 12.4. The lowest BCUT2D eigenvalue weighted by Gasteiger charge is -2.22. The lowest BCUT2D eigenvalue weighted by atomic mass is 10.1. The Balaban J connectivity index is 1.69. The Morgan fingerprint density at radius 3 is 2.83 bits per heavy atom. The van der Waals surface area contributed by atoms with Crippen LogP contribution in [-0.4, -0.2) is 32.3 Å². The molecule has 1 atom stereocenters. The summed E-state index contributed by atoms with van der Waals surface area (Å²) < 4.78 is 5.45. The first kappa shape index (κ1) is 12.0. The fourth-order valence-corrected chi connectivity index (χ4v) is 2.65. The molecule has 0 bridgehead atoms. The fourth-order valence-electron chi connectivity index (χ4n) is 2.65. The first-order valence-corrected chi connectivity index (χ1v) is 6.96. The van der Waals surface area contributed by atoms with Gasteiger partial charge in [-0.05, 0) is 30.9 Å². The molecule has 98 valence electrons. The lowest BCUT2D eigenvalue weighted by Crippen LogP contribution is -2.25. The van der Waals surface area contributed by atoms with E-state index in [-0.39, 0.29) is 0 Å². The van der Waals surface area contributed by atoms with Crippen LogP contribution in [0.15, 0.2) is 24.3 Å². The van der Waals surface area contributed by atoms with Gasteiger partial charge in [0, 0.05) is 38.5 Å². The summed E-state index contributed by atoms with van der Waals surface area (Å²) >= 11 is 0. The molecule has 1 saturated heterocycles. The minimum Gasteiger partial charge on any atom is -0.380 e. The molecule has 0 radical (unpaired) electrons. The maximum absolute atomic E-state index is 5.45. The monoisotopic (exact) mass is 246 g/mol. The second kappa shape index (κ2) is 5.29. The molecule has 1 aromatic carbocycles. The van der Waals surface area contributed by atoms with Crippen molar-refractivity contribution in [2.24, 2.45) is 0 Å². The highest BCUT2D eigenvalue weighted by atomic mass is 16.5. The first-order chi connectivity index (χ1) is 8.86. The molecule has 3 nitrogen and oxygen atoms in total. The van der Waals surface area contributed by atoms with Crippen molar-refractivity contribution in [2.75, 3.05) is 25.1 Å². The van der Waals surface area contributed by atoms with E-state index in [0.29, 0.717) is 6.10 Å². The van der Waals surface area contributed by atoms with E-state index in [1.165, 1.54) is 24.1 Å². The molecule has 2 aliphatic rings. The minimum absolute atomic E-state index is 0.398. The Labute approximate surface area is 109 Å². The number of hydrogen-bond acceptors (Lipinski definition) is 3. The van der Waals surface area contributed by atoms with Crippen LogP contribution in [-0.2, 0) is 11.3 Å². The molecule has 1 aliphatic carbocycles. The van der Waals surface area contributed by atoms with Crippen molar-refractivity contribution < 1.29 is 4.74 Å². The number of benzene rings is 1. The average Bonchev–Trinajstić information content (AvgIpc) is 3.12. The standard InChI is InChI=1S/C15H22N2O/c1-18-14-8-9-17(11-14)15-5-3-2-4-12(15)10-16-13-6-7-13/h2-5,13-14,16H,6-11H2,1H3. The summed E-state index contributed by atoms with van der Waals surface area (Å²) in [4.78, 5) is 2.46. The molecule has 0 aromatic heterocycles. The molecule has 0 amide bonds. The Morgan fingerprint density at radius 1 is 1.28 bits per heavy atom. The van der Waals surface area contributed by atoms with E-state index >= 15 is 0 Å². The summed E-state index contributed by atoms with van der Waals surface area (Å²) in [5.74, 6) is 0. The van der Waals surface area contributed by atoms with Gasteiger partial charge in [0.25, 0.3) is 0 Å². The van der Waals surface area contributed by atoms with Gasteiger partial charge in [-0.2, -0.15) is 0 Å². The molecule has 1 N–H and O–H groups in total. The summed E-state index contributed by atoms with van der Waals surface area (Å²) in [6.07, 6.45) is 4.23. The zero-order valence-electron chi connectivity index (χ0n) is 11.1. The maximum atomic E-state index is 5.45. The van der Waals surface area contributed by atoms with Crippen LogP contribution in [0.3, 0.4) is 0 Å². The van der Waals surface area contributed by atoms with Gasteiger partial charge >= 0.3 is 0 Å². The maximum Gasteiger partial charge on any atom is 0.0762 e. The molecule has 1 heterocycles. The van der Waals surface area contributed by atoms with E-state index in [1.807, 2.05) is 7.11 Å². The summed E-state index contributed by atoms with van der Waals surface area (Å²) in [6, 6.07) is 9.52. The van der Waals surface area contributed by atoms with Crippen molar-refractivity contribution in [3.8, 4) is 0 Å². The predicted octanol–water partition coefficient (Wildman–Crippen LogP) is 2.16. The smallest absolute Gasteiger partial charge is 0.0762 e. The average molecular weight is 246 g/mol. The number of hydrogen-bond donors (Lipinski definition) is 1. The van der Waals surface area contributed by atoms with E-state index < -0.39 is 0 Å². The molecule has 1 unspecified atom stereocenters. The summed E-state index contributed by atoms with van der Waals surface area (Å²) in [6.45, 7) is 3.13. The largest absolute Gasteiger partial charge is 0.380 e. The van der Waals surface area contributed by atoms with Crippen LogP contribution in [0.4, 0.5) is 5.69 Å². The van der Waals surface area contributed by atoms with Crippen LogP contribution >= 0.6 is 0 Å². The van der Waals surface area contributed by atoms with Gasteiger partial charge in [-0.3, -0.25) is 0 Å². The van der Waals surface area contributed by atoms with Crippen molar-refractivity contribution >= 4 is 5.69 Å². The molecule has 1 aromatic rings. The van der Waals surface area contributed by atoms with Gasteiger partial charge in [0.05, 0.1) is 6.10 Å². The number of ether oxygens (including phenoxy) is 1. The van der Waals surface area contributed by atoms with E-state index in [4.69, 9.17) is 4.74 Å². The summed E-state index contributed by atoms with van der Waals surface area (Å²) in [5.41, 5.74) is 2.80.